The molecule has 0 saturated carbocycles. The van der Waals surface area contributed by atoms with E-state index >= 15 is 0 Å². The fourth-order valence-corrected chi connectivity index (χ4v) is 1.38. The van der Waals surface area contributed by atoms with Crippen LogP contribution in [0.15, 0.2) is 12.2 Å². The summed E-state index contributed by atoms with van der Waals surface area (Å²) < 4.78 is 10.7. The number of hydrogen-bond donors (Lipinski definition) is 1. The van der Waals surface area contributed by atoms with Crippen molar-refractivity contribution in [2.75, 3.05) is 25.1 Å². The smallest absolute Gasteiger partial charge is 0.0244 e. The molecule has 1 atom stereocenters. The SMILES string of the molecule is C=C(C)CCNCCCS(C)=O. The topological polar surface area (TPSA) is 29.1 Å². The van der Waals surface area contributed by atoms with Crippen LogP contribution in [0.3, 0.4) is 0 Å². The van der Waals surface area contributed by atoms with Crippen molar-refractivity contribution in [2.24, 2.45) is 0 Å². The Morgan fingerprint density at radius 1 is 1.50 bits per heavy atom. The monoisotopic (exact) mass is 189 g/mol. The Bertz CT molecular complexity index is 139. The summed E-state index contributed by atoms with van der Waals surface area (Å²) in [5.74, 6) is 0.806. The first-order valence-electron chi connectivity index (χ1n) is 4.28. The predicted molar refractivity (Wildman–Crippen MR) is 55.9 cm³/mol. The van der Waals surface area contributed by atoms with Crippen molar-refractivity contribution in [3.8, 4) is 0 Å². The van der Waals surface area contributed by atoms with Gasteiger partial charge in [0, 0.05) is 22.8 Å². The van der Waals surface area contributed by atoms with Crippen molar-refractivity contribution in [3.63, 3.8) is 0 Å². The van der Waals surface area contributed by atoms with Crippen molar-refractivity contribution < 1.29 is 4.21 Å². The van der Waals surface area contributed by atoms with Gasteiger partial charge in [-0.3, -0.25) is 4.21 Å². The van der Waals surface area contributed by atoms with Gasteiger partial charge in [0.05, 0.1) is 0 Å². The van der Waals surface area contributed by atoms with Crippen LogP contribution in [-0.4, -0.2) is 29.3 Å². The van der Waals surface area contributed by atoms with Crippen LogP contribution in [0.1, 0.15) is 19.8 Å². The van der Waals surface area contributed by atoms with Crippen LogP contribution in [-0.2, 0) is 10.8 Å². The lowest BCUT2D eigenvalue weighted by Crippen LogP contribution is -2.18. The van der Waals surface area contributed by atoms with E-state index in [4.69, 9.17) is 0 Å². The van der Waals surface area contributed by atoms with E-state index in [0.29, 0.717) is 0 Å². The van der Waals surface area contributed by atoms with Crippen LogP contribution in [0.4, 0.5) is 0 Å². The molecule has 12 heavy (non-hydrogen) atoms. The number of hydrogen-bond acceptors (Lipinski definition) is 2. The van der Waals surface area contributed by atoms with Crippen molar-refractivity contribution >= 4 is 10.8 Å². The van der Waals surface area contributed by atoms with E-state index in [-0.39, 0.29) is 0 Å². The van der Waals surface area contributed by atoms with Crippen LogP contribution in [0.5, 0.6) is 0 Å². The maximum Gasteiger partial charge on any atom is 0.0244 e. The summed E-state index contributed by atoms with van der Waals surface area (Å²) in [7, 11) is -0.637. The molecule has 0 spiro atoms. The summed E-state index contributed by atoms with van der Waals surface area (Å²) in [5, 5.41) is 3.28. The van der Waals surface area contributed by atoms with Crippen molar-refractivity contribution in [2.45, 2.75) is 19.8 Å². The van der Waals surface area contributed by atoms with Crippen molar-refractivity contribution in [3.05, 3.63) is 12.2 Å². The Morgan fingerprint density at radius 3 is 2.67 bits per heavy atom. The Morgan fingerprint density at radius 2 is 2.17 bits per heavy atom. The van der Waals surface area contributed by atoms with E-state index in [2.05, 4.69) is 11.9 Å². The second-order valence-corrected chi connectivity index (χ2v) is 4.64. The molecule has 0 rings (SSSR count). The molecule has 0 aromatic carbocycles. The highest BCUT2D eigenvalue weighted by molar-refractivity contribution is 7.84. The first-order chi connectivity index (χ1) is 5.63. The number of nitrogens with one attached hydrogen (secondary N) is 1. The van der Waals surface area contributed by atoms with Gasteiger partial charge < -0.3 is 5.32 Å². The average molecular weight is 189 g/mol. The maximum absolute atomic E-state index is 10.7. The molecule has 0 amide bonds. The molecule has 2 nitrogen and oxygen atoms in total. The standard InChI is InChI=1S/C9H19NOS/c1-9(2)5-7-10-6-4-8-12(3)11/h10H,1,4-8H2,2-3H3. The maximum atomic E-state index is 10.7. The molecule has 0 aliphatic carbocycles. The van der Waals surface area contributed by atoms with Gasteiger partial charge in [-0.05, 0) is 32.9 Å². The summed E-state index contributed by atoms with van der Waals surface area (Å²) in [4.78, 5) is 0. The first-order valence-corrected chi connectivity index (χ1v) is 6.00. The lowest BCUT2D eigenvalue weighted by Gasteiger charge is -2.02. The third kappa shape index (κ3) is 9.85. The van der Waals surface area contributed by atoms with E-state index in [1.165, 1.54) is 5.57 Å². The fraction of sp³-hybridized carbons (Fsp3) is 0.778. The van der Waals surface area contributed by atoms with E-state index in [1.807, 2.05) is 6.92 Å². The van der Waals surface area contributed by atoms with Gasteiger partial charge in [-0.15, -0.1) is 6.58 Å². The van der Waals surface area contributed by atoms with E-state index in [1.54, 1.807) is 6.26 Å². The molecule has 0 aromatic heterocycles. The molecule has 0 bridgehead atoms. The summed E-state index contributed by atoms with van der Waals surface area (Å²) in [6, 6.07) is 0. The molecule has 72 valence electrons. The molecule has 0 heterocycles. The minimum absolute atomic E-state index is 0.637. The molecule has 0 aliphatic rings. The molecule has 3 heteroatoms. The van der Waals surface area contributed by atoms with Crippen LogP contribution >= 0.6 is 0 Å². The Labute approximate surface area is 77.9 Å². The van der Waals surface area contributed by atoms with Gasteiger partial charge in [0.15, 0.2) is 0 Å². The fourth-order valence-electron chi connectivity index (χ4n) is 0.827. The predicted octanol–water partition coefficient (Wildman–Crippen LogP) is 1.31. The van der Waals surface area contributed by atoms with E-state index in [0.717, 1.165) is 31.7 Å². The van der Waals surface area contributed by atoms with Crippen LogP contribution in [0.25, 0.3) is 0 Å². The normalized spacial score (nSPS) is 12.8. The molecular formula is C9H19NOS. The van der Waals surface area contributed by atoms with Crippen LogP contribution in [0.2, 0.25) is 0 Å². The minimum Gasteiger partial charge on any atom is -0.316 e. The summed E-state index contributed by atoms with van der Waals surface area (Å²) in [6.45, 7) is 7.80. The molecule has 0 fully saturated rings. The zero-order valence-electron chi connectivity index (χ0n) is 8.06. The molecule has 0 aliphatic heterocycles. The van der Waals surface area contributed by atoms with Gasteiger partial charge in [0.25, 0.3) is 0 Å². The molecule has 0 radical (unpaired) electrons. The zero-order chi connectivity index (χ0) is 9.40. The van der Waals surface area contributed by atoms with Gasteiger partial charge in [-0.2, -0.15) is 0 Å². The van der Waals surface area contributed by atoms with Crippen LogP contribution in [0, 0.1) is 0 Å². The lowest BCUT2D eigenvalue weighted by molar-refractivity contribution is 0.659. The highest BCUT2D eigenvalue weighted by atomic mass is 32.2. The third-order valence-corrected chi connectivity index (χ3v) is 2.38. The molecule has 1 unspecified atom stereocenters. The van der Waals surface area contributed by atoms with Gasteiger partial charge in [-0.25, -0.2) is 0 Å². The largest absolute Gasteiger partial charge is 0.316 e. The van der Waals surface area contributed by atoms with Crippen LogP contribution < -0.4 is 5.32 Å². The van der Waals surface area contributed by atoms with Gasteiger partial charge in [-0.1, -0.05) is 5.57 Å². The van der Waals surface area contributed by atoms with Gasteiger partial charge in [0.2, 0.25) is 0 Å². The molecule has 0 aromatic rings. The highest BCUT2D eigenvalue weighted by Crippen LogP contribution is 1.91. The summed E-state index contributed by atoms with van der Waals surface area (Å²) in [5.41, 5.74) is 1.21. The molecular weight excluding hydrogens is 170 g/mol. The Hall–Kier alpha value is -0.150. The Balaban J connectivity index is 3.01. The van der Waals surface area contributed by atoms with Gasteiger partial charge >= 0.3 is 0 Å². The quantitative estimate of drug-likeness (QED) is 0.483. The second-order valence-electron chi connectivity index (χ2n) is 3.09. The second kappa shape index (κ2) is 7.50. The third-order valence-electron chi connectivity index (χ3n) is 1.51. The summed E-state index contributed by atoms with van der Waals surface area (Å²) >= 11 is 0. The first kappa shape index (κ1) is 11.8. The average Bonchev–Trinajstić information content (AvgIpc) is 1.95. The summed E-state index contributed by atoms with van der Waals surface area (Å²) in [6.07, 6.45) is 3.78. The lowest BCUT2D eigenvalue weighted by atomic mass is 10.2. The van der Waals surface area contributed by atoms with E-state index < -0.39 is 10.8 Å². The van der Waals surface area contributed by atoms with Crippen molar-refractivity contribution in [1.82, 2.24) is 5.32 Å². The van der Waals surface area contributed by atoms with Crippen molar-refractivity contribution in [1.29, 1.82) is 0 Å². The minimum atomic E-state index is -0.637. The molecule has 1 N–H and O–H groups in total. The Kier molecular flexibility index (Phi) is 7.40. The highest BCUT2D eigenvalue weighted by Gasteiger charge is 1.91. The number of rotatable bonds is 7. The van der Waals surface area contributed by atoms with Gasteiger partial charge in [0.1, 0.15) is 0 Å². The zero-order valence-corrected chi connectivity index (χ0v) is 8.88. The molecule has 0 saturated heterocycles. The van der Waals surface area contributed by atoms with E-state index in [9.17, 15) is 4.21 Å².